The Kier molecular flexibility index (Phi) is 6.23. The van der Waals surface area contributed by atoms with Gasteiger partial charge >= 0.3 is 0 Å². The molecule has 1 aliphatic heterocycles. The number of hydrogen-bond donors (Lipinski definition) is 0. The fraction of sp³-hybridized carbons (Fsp3) is 0.250. The number of halogens is 3. The van der Waals surface area contributed by atoms with E-state index in [0.29, 0.717) is 40.9 Å². The molecule has 0 bridgehead atoms. The van der Waals surface area contributed by atoms with Gasteiger partial charge in [-0.1, -0.05) is 39.1 Å². The van der Waals surface area contributed by atoms with Crippen molar-refractivity contribution in [2.45, 2.75) is 23.0 Å². The number of piperidine rings is 1. The van der Waals surface area contributed by atoms with Crippen molar-refractivity contribution in [2.75, 3.05) is 18.0 Å². The van der Waals surface area contributed by atoms with Gasteiger partial charge in [-0.3, -0.25) is 0 Å². The molecule has 1 saturated heterocycles. The Morgan fingerprint density at radius 1 is 1.07 bits per heavy atom. The van der Waals surface area contributed by atoms with Crippen LogP contribution in [0.1, 0.15) is 12.8 Å². The molecule has 0 spiro atoms. The third-order valence-electron chi connectivity index (χ3n) is 4.99. The highest BCUT2D eigenvalue weighted by Gasteiger charge is 2.32. The molecule has 0 saturated carbocycles. The molecule has 4 nitrogen and oxygen atoms in total. The van der Waals surface area contributed by atoms with Crippen molar-refractivity contribution in [1.82, 2.24) is 4.98 Å². The summed E-state index contributed by atoms with van der Waals surface area (Å²) < 4.78 is 26.7. The van der Waals surface area contributed by atoms with Crippen molar-refractivity contribution in [3.8, 4) is 11.3 Å². The number of sulfone groups is 1. The van der Waals surface area contributed by atoms with E-state index in [2.05, 4.69) is 20.8 Å². The minimum Gasteiger partial charge on any atom is -0.348 e. The second-order valence-corrected chi connectivity index (χ2v) is 11.6. The predicted molar refractivity (Wildman–Crippen MR) is 124 cm³/mol. The van der Waals surface area contributed by atoms with Gasteiger partial charge in [0.05, 0.1) is 20.9 Å². The van der Waals surface area contributed by atoms with Crippen molar-refractivity contribution < 1.29 is 8.42 Å². The van der Waals surface area contributed by atoms with E-state index >= 15 is 0 Å². The van der Waals surface area contributed by atoms with E-state index < -0.39 is 9.84 Å². The average molecular weight is 532 g/mol. The van der Waals surface area contributed by atoms with Gasteiger partial charge in [-0.25, -0.2) is 13.4 Å². The predicted octanol–water partition coefficient (Wildman–Crippen LogP) is 6.32. The van der Waals surface area contributed by atoms with Crippen LogP contribution in [0.4, 0.5) is 5.13 Å². The molecular formula is C20H17BrCl2N2O2S2. The van der Waals surface area contributed by atoms with Gasteiger partial charge in [-0.05, 0) is 55.3 Å². The zero-order chi connectivity index (χ0) is 20.6. The largest absolute Gasteiger partial charge is 0.348 e. The van der Waals surface area contributed by atoms with Gasteiger partial charge in [-0.15, -0.1) is 11.3 Å². The molecule has 1 aliphatic rings. The van der Waals surface area contributed by atoms with E-state index in [9.17, 15) is 8.42 Å². The molecule has 0 radical (unpaired) electrons. The lowest BCUT2D eigenvalue weighted by molar-refractivity contribution is 0.529. The highest BCUT2D eigenvalue weighted by molar-refractivity contribution is 9.10. The third-order valence-corrected chi connectivity index (χ3v) is 9.25. The normalized spacial score (nSPS) is 15.6. The molecule has 152 valence electrons. The average Bonchev–Trinajstić information content (AvgIpc) is 3.18. The summed E-state index contributed by atoms with van der Waals surface area (Å²) in [7, 11) is -3.33. The first-order chi connectivity index (χ1) is 13.8. The summed E-state index contributed by atoms with van der Waals surface area (Å²) >= 11 is 17.2. The number of aromatic nitrogens is 1. The lowest BCUT2D eigenvalue weighted by atomic mass is 10.1. The Hall–Kier alpha value is -1.12. The highest BCUT2D eigenvalue weighted by atomic mass is 79.9. The van der Waals surface area contributed by atoms with Crippen LogP contribution in [0, 0.1) is 0 Å². The maximum atomic E-state index is 12.9. The van der Waals surface area contributed by atoms with Crippen molar-refractivity contribution >= 4 is 65.4 Å². The SMILES string of the molecule is O=S(=O)(c1ccc(Br)cc1)C1CCN(c2nc(-c3ccc(Cl)cc3Cl)cs2)CC1. The molecule has 0 unspecified atom stereocenters. The van der Waals surface area contributed by atoms with Gasteiger partial charge in [0, 0.05) is 33.5 Å². The minimum absolute atomic E-state index is 0.370. The minimum atomic E-state index is -3.33. The van der Waals surface area contributed by atoms with Gasteiger partial charge in [0.15, 0.2) is 15.0 Å². The van der Waals surface area contributed by atoms with Crippen LogP contribution >= 0.6 is 50.5 Å². The van der Waals surface area contributed by atoms with Crippen molar-refractivity contribution in [2.24, 2.45) is 0 Å². The lowest BCUT2D eigenvalue weighted by Gasteiger charge is -2.31. The Morgan fingerprint density at radius 3 is 2.41 bits per heavy atom. The Labute approximate surface area is 192 Å². The number of hydrogen-bond acceptors (Lipinski definition) is 5. The van der Waals surface area contributed by atoms with E-state index in [4.69, 9.17) is 28.2 Å². The summed E-state index contributed by atoms with van der Waals surface area (Å²) in [6.45, 7) is 1.31. The first-order valence-electron chi connectivity index (χ1n) is 9.00. The summed E-state index contributed by atoms with van der Waals surface area (Å²) in [6.07, 6.45) is 1.16. The third kappa shape index (κ3) is 4.49. The topological polar surface area (TPSA) is 50.3 Å². The van der Waals surface area contributed by atoms with Crippen LogP contribution in [0.25, 0.3) is 11.3 Å². The molecular weight excluding hydrogens is 515 g/mol. The van der Waals surface area contributed by atoms with E-state index in [1.54, 1.807) is 36.4 Å². The second kappa shape index (κ2) is 8.55. The summed E-state index contributed by atoms with van der Waals surface area (Å²) in [5, 5.41) is 3.63. The molecule has 2 heterocycles. The van der Waals surface area contributed by atoms with E-state index in [1.807, 2.05) is 11.4 Å². The first-order valence-corrected chi connectivity index (χ1v) is 13.0. The quantitative estimate of drug-likeness (QED) is 0.395. The van der Waals surface area contributed by atoms with E-state index in [1.165, 1.54) is 11.3 Å². The number of anilines is 1. The van der Waals surface area contributed by atoms with Gasteiger partial charge in [0.2, 0.25) is 0 Å². The zero-order valence-corrected chi connectivity index (χ0v) is 19.9. The van der Waals surface area contributed by atoms with Gasteiger partial charge in [0.1, 0.15) is 0 Å². The molecule has 4 rings (SSSR count). The van der Waals surface area contributed by atoms with Crippen molar-refractivity contribution in [3.63, 3.8) is 0 Å². The number of thiazole rings is 1. The van der Waals surface area contributed by atoms with Gasteiger partial charge in [0.25, 0.3) is 0 Å². The standard InChI is InChI=1S/C20H17BrCl2N2O2S2/c21-13-1-4-15(5-2-13)29(26,27)16-7-9-25(10-8-16)20-24-19(12-28-20)17-6-3-14(22)11-18(17)23/h1-6,11-12,16H,7-10H2. The van der Waals surface area contributed by atoms with Crippen LogP contribution < -0.4 is 4.90 Å². The van der Waals surface area contributed by atoms with Crippen LogP contribution in [0.5, 0.6) is 0 Å². The Morgan fingerprint density at radius 2 is 1.76 bits per heavy atom. The summed E-state index contributed by atoms with van der Waals surface area (Å²) in [5.74, 6) is 0. The second-order valence-electron chi connectivity index (χ2n) is 6.82. The monoisotopic (exact) mass is 530 g/mol. The molecule has 3 aromatic rings. The van der Waals surface area contributed by atoms with Gasteiger partial charge < -0.3 is 4.90 Å². The fourth-order valence-corrected chi connectivity index (χ4v) is 6.79. The molecule has 29 heavy (non-hydrogen) atoms. The van der Waals surface area contributed by atoms with Crippen LogP contribution in [0.2, 0.25) is 10.0 Å². The number of nitrogens with zero attached hydrogens (tertiary/aromatic N) is 2. The maximum absolute atomic E-state index is 12.9. The first kappa shape index (κ1) is 21.1. The molecule has 0 atom stereocenters. The molecule has 0 aliphatic carbocycles. The molecule has 1 aromatic heterocycles. The van der Waals surface area contributed by atoms with E-state index in [-0.39, 0.29) is 5.25 Å². The van der Waals surface area contributed by atoms with Crippen molar-refractivity contribution in [1.29, 1.82) is 0 Å². The zero-order valence-electron chi connectivity index (χ0n) is 15.2. The molecule has 0 amide bonds. The van der Waals surface area contributed by atoms with E-state index in [0.717, 1.165) is 20.9 Å². The van der Waals surface area contributed by atoms with Crippen LogP contribution in [0.15, 0.2) is 57.2 Å². The summed E-state index contributed by atoms with van der Waals surface area (Å²) in [5.41, 5.74) is 1.64. The smallest absolute Gasteiger partial charge is 0.185 e. The summed E-state index contributed by atoms with van der Waals surface area (Å²) in [6, 6.07) is 12.2. The van der Waals surface area contributed by atoms with Gasteiger partial charge in [-0.2, -0.15) is 0 Å². The molecule has 2 aromatic carbocycles. The molecule has 0 N–H and O–H groups in total. The lowest BCUT2D eigenvalue weighted by Crippen LogP contribution is -2.39. The fourth-order valence-electron chi connectivity index (χ4n) is 3.40. The number of rotatable bonds is 4. The number of benzene rings is 2. The molecule has 1 fully saturated rings. The van der Waals surface area contributed by atoms with Crippen molar-refractivity contribution in [3.05, 3.63) is 62.4 Å². The Balaban J connectivity index is 1.46. The molecule has 9 heteroatoms. The van der Waals surface area contributed by atoms with Crippen LogP contribution in [0.3, 0.4) is 0 Å². The Bertz CT molecular complexity index is 1130. The highest BCUT2D eigenvalue weighted by Crippen LogP contribution is 2.35. The maximum Gasteiger partial charge on any atom is 0.185 e. The summed E-state index contributed by atoms with van der Waals surface area (Å²) in [4.78, 5) is 7.24. The van der Waals surface area contributed by atoms with Crippen LogP contribution in [-0.2, 0) is 9.84 Å². The van der Waals surface area contributed by atoms with Crippen LogP contribution in [-0.4, -0.2) is 31.7 Å².